The molecule has 0 aromatic heterocycles. The average molecular weight is 203 g/mol. The number of carbonyl (C=O) groups excluding carboxylic acids is 1. The third kappa shape index (κ3) is 2.99. The second kappa shape index (κ2) is 4.95. The molecule has 0 spiro atoms. The molecule has 0 saturated carbocycles. The van der Waals surface area contributed by atoms with Crippen LogP contribution in [0.3, 0.4) is 0 Å². The summed E-state index contributed by atoms with van der Waals surface area (Å²) in [6, 6.07) is 0. The molecule has 14 heavy (non-hydrogen) atoms. The van der Waals surface area contributed by atoms with Gasteiger partial charge in [-0.2, -0.15) is 0 Å². The summed E-state index contributed by atoms with van der Waals surface area (Å²) in [4.78, 5) is 23.7. The monoisotopic (exact) mass is 203 g/mol. The van der Waals surface area contributed by atoms with Gasteiger partial charge in [-0.15, -0.1) is 0 Å². The van der Waals surface area contributed by atoms with Gasteiger partial charge in [0.2, 0.25) is 5.91 Å². The number of carboxylic acid groups (broad SMARTS) is 1. The molecule has 0 radical (unpaired) electrons. The normalized spacial score (nSPS) is 11.1. The number of likely N-dealkylation sites (N-methyl/N-ethyl adjacent to an activating group) is 1. The average Bonchev–Trinajstić information content (AvgIpc) is 2.12. The highest BCUT2D eigenvalue weighted by molar-refractivity contribution is 6.00. The van der Waals surface area contributed by atoms with Crippen molar-refractivity contribution >= 4 is 11.9 Å². The van der Waals surface area contributed by atoms with Crippen molar-refractivity contribution in [3.05, 3.63) is 0 Å². The summed E-state index contributed by atoms with van der Waals surface area (Å²) < 4.78 is 4.79. The zero-order valence-corrected chi connectivity index (χ0v) is 9.03. The maximum Gasteiger partial charge on any atom is 0.318 e. The number of rotatable bonds is 5. The third-order valence-electron chi connectivity index (χ3n) is 2.05. The molecule has 0 atom stereocenters. The molecule has 0 fully saturated rings. The zero-order valence-electron chi connectivity index (χ0n) is 9.03. The van der Waals surface area contributed by atoms with Crippen LogP contribution in [0, 0.1) is 5.41 Å². The third-order valence-corrected chi connectivity index (χ3v) is 2.05. The van der Waals surface area contributed by atoms with Crippen LogP contribution in [0.15, 0.2) is 0 Å². The second-order valence-corrected chi connectivity index (χ2v) is 3.65. The fourth-order valence-corrected chi connectivity index (χ4v) is 0.898. The number of ether oxygens (including phenoxy) is 1. The molecule has 1 N–H and O–H groups in total. The standard InChI is InChI=1S/C9H17NO4/c1-9(2,8(12)13)7(11)10(3)5-6-14-4/h5-6H2,1-4H3,(H,12,13). The van der Waals surface area contributed by atoms with E-state index in [1.807, 2.05) is 0 Å². The van der Waals surface area contributed by atoms with Gasteiger partial charge in [0, 0.05) is 20.7 Å². The van der Waals surface area contributed by atoms with Crippen molar-refractivity contribution in [2.45, 2.75) is 13.8 Å². The van der Waals surface area contributed by atoms with Crippen LogP contribution in [0.25, 0.3) is 0 Å². The highest BCUT2D eigenvalue weighted by Gasteiger charge is 2.37. The van der Waals surface area contributed by atoms with Crippen LogP contribution in [0.4, 0.5) is 0 Å². The Hall–Kier alpha value is -1.10. The van der Waals surface area contributed by atoms with Crippen LogP contribution in [0.2, 0.25) is 0 Å². The lowest BCUT2D eigenvalue weighted by molar-refractivity contribution is -0.157. The summed E-state index contributed by atoms with van der Waals surface area (Å²) in [6.45, 7) is 3.58. The first-order valence-corrected chi connectivity index (χ1v) is 4.32. The Morgan fingerprint density at radius 1 is 1.43 bits per heavy atom. The SMILES string of the molecule is COCCN(C)C(=O)C(C)(C)C(=O)O. The van der Waals surface area contributed by atoms with E-state index < -0.39 is 17.3 Å². The molecule has 0 unspecified atom stereocenters. The number of nitrogens with zero attached hydrogens (tertiary/aromatic N) is 1. The van der Waals surface area contributed by atoms with E-state index in [1.54, 1.807) is 7.05 Å². The molecule has 0 bridgehead atoms. The number of aliphatic carboxylic acids is 1. The zero-order chi connectivity index (χ0) is 11.4. The van der Waals surface area contributed by atoms with E-state index in [0.717, 1.165) is 0 Å². The molecular formula is C9H17NO4. The maximum absolute atomic E-state index is 11.6. The fraction of sp³-hybridized carbons (Fsp3) is 0.778. The lowest BCUT2D eigenvalue weighted by Crippen LogP contribution is -2.44. The van der Waals surface area contributed by atoms with E-state index in [9.17, 15) is 9.59 Å². The molecule has 0 saturated heterocycles. The summed E-state index contributed by atoms with van der Waals surface area (Å²) in [6.07, 6.45) is 0. The Balaban J connectivity index is 4.38. The largest absolute Gasteiger partial charge is 0.480 e. The minimum atomic E-state index is -1.37. The van der Waals surface area contributed by atoms with Crippen LogP contribution in [0.5, 0.6) is 0 Å². The van der Waals surface area contributed by atoms with Crippen molar-refractivity contribution in [3.8, 4) is 0 Å². The lowest BCUT2D eigenvalue weighted by atomic mass is 9.92. The van der Waals surface area contributed by atoms with Crippen molar-refractivity contribution in [2.24, 2.45) is 5.41 Å². The molecule has 0 aromatic carbocycles. The molecule has 1 amide bonds. The van der Waals surface area contributed by atoms with Gasteiger partial charge in [0.15, 0.2) is 0 Å². The molecule has 82 valence electrons. The van der Waals surface area contributed by atoms with Crippen molar-refractivity contribution in [2.75, 3.05) is 27.3 Å². The second-order valence-electron chi connectivity index (χ2n) is 3.65. The summed E-state index contributed by atoms with van der Waals surface area (Å²) in [7, 11) is 3.09. The summed E-state index contributed by atoms with van der Waals surface area (Å²) in [5, 5.41) is 8.81. The number of methoxy groups -OCH3 is 1. The van der Waals surface area contributed by atoms with E-state index >= 15 is 0 Å². The maximum atomic E-state index is 11.6. The van der Waals surface area contributed by atoms with Gasteiger partial charge in [-0.25, -0.2) is 0 Å². The molecule has 0 aliphatic rings. The summed E-state index contributed by atoms with van der Waals surface area (Å²) in [5.74, 6) is -1.53. The number of hydrogen-bond acceptors (Lipinski definition) is 3. The Kier molecular flexibility index (Phi) is 4.56. The summed E-state index contributed by atoms with van der Waals surface area (Å²) >= 11 is 0. The van der Waals surface area contributed by atoms with Gasteiger partial charge in [-0.3, -0.25) is 9.59 Å². The predicted octanol–water partition coefficient (Wildman–Crippen LogP) is 0.202. The van der Waals surface area contributed by atoms with E-state index in [1.165, 1.54) is 25.9 Å². The van der Waals surface area contributed by atoms with Gasteiger partial charge in [-0.1, -0.05) is 0 Å². The Morgan fingerprint density at radius 2 is 1.93 bits per heavy atom. The molecule has 5 nitrogen and oxygen atoms in total. The number of amides is 1. The van der Waals surface area contributed by atoms with Crippen LogP contribution in [0.1, 0.15) is 13.8 Å². The van der Waals surface area contributed by atoms with Gasteiger partial charge in [0.25, 0.3) is 0 Å². The van der Waals surface area contributed by atoms with Gasteiger partial charge in [0.05, 0.1) is 6.61 Å². The molecule has 0 aliphatic heterocycles. The van der Waals surface area contributed by atoms with E-state index in [2.05, 4.69) is 0 Å². The highest BCUT2D eigenvalue weighted by Crippen LogP contribution is 2.18. The van der Waals surface area contributed by atoms with Crippen molar-refractivity contribution in [1.82, 2.24) is 4.90 Å². The number of hydrogen-bond donors (Lipinski definition) is 1. The minimum absolute atomic E-state index is 0.395. The fourth-order valence-electron chi connectivity index (χ4n) is 0.898. The molecule has 0 heterocycles. The molecule has 5 heteroatoms. The Labute approximate surface area is 83.6 Å². The molecule has 0 aromatic rings. The van der Waals surface area contributed by atoms with Crippen LogP contribution in [-0.4, -0.2) is 49.2 Å². The van der Waals surface area contributed by atoms with Crippen LogP contribution >= 0.6 is 0 Å². The Morgan fingerprint density at radius 3 is 2.29 bits per heavy atom. The number of carboxylic acids is 1. The van der Waals surface area contributed by atoms with Gasteiger partial charge >= 0.3 is 5.97 Å². The van der Waals surface area contributed by atoms with E-state index in [-0.39, 0.29) is 0 Å². The van der Waals surface area contributed by atoms with Crippen LogP contribution in [-0.2, 0) is 14.3 Å². The van der Waals surface area contributed by atoms with E-state index in [4.69, 9.17) is 9.84 Å². The topological polar surface area (TPSA) is 66.8 Å². The van der Waals surface area contributed by atoms with Crippen LogP contribution < -0.4 is 0 Å². The summed E-state index contributed by atoms with van der Waals surface area (Å²) in [5.41, 5.74) is -1.37. The minimum Gasteiger partial charge on any atom is -0.480 e. The van der Waals surface area contributed by atoms with E-state index in [0.29, 0.717) is 13.2 Å². The van der Waals surface area contributed by atoms with Gasteiger partial charge in [0.1, 0.15) is 5.41 Å². The molecule has 0 rings (SSSR count). The van der Waals surface area contributed by atoms with Crippen molar-refractivity contribution < 1.29 is 19.4 Å². The number of carbonyl (C=O) groups is 2. The van der Waals surface area contributed by atoms with Gasteiger partial charge in [-0.05, 0) is 13.8 Å². The van der Waals surface area contributed by atoms with Crippen molar-refractivity contribution in [3.63, 3.8) is 0 Å². The smallest absolute Gasteiger partial charge is 0.318 e. The van der Waals surface area contributed by atoms with Crippen molar-refractivity contribution in [1.29, 1.82) is 0 Å². The highest BCUT2D eigenvalue weighted by atomic mass is 16.5. The first-order valence-electron chi connectivity index (χ1n) is 4.32. The first-order chi connectivity index (χ1) is 6.34. The quantitative estimate of drug-likeness (QED) is 0.648. The lowest BCUT2D eigenvalue weighted by Gasteiger charge is -2.25. The molecular weight excluding hydrogens is 186 g/mol. The molecule has 0 aliphatic carbocycles. The first kappa shape index (κ1) is 12.9. The van der Waals surface area contributed by atoms with Gasteiger partial charge < -0.3 is 14.7 Å². The Bertz CT molecular complexity index is 225. The predicted molar refractivity (Wildman–Crippen MR) is 50.9 cm³/mol.